The van der Waals surface area contributed by atoms with Crippen molar-refractivity contribution in [3.8, 4) is 0 Å². The van der Waals surface area contributed by atoms with Crippen LogP contribution < -0.4 is 5.73 Å². The number of nitrogens with zero attached hydrogens (tertiary/aromatic N) is 1. The van der Waals surface area contributed by atoms with Crippen LogP contribution >= 0.6 is 0 Å². The molecule has 0 spiro atoms. The maximum absolute atomic E-state index is 12.6. The van der Waals surface area contributed by atoms with E-state index >= 15 is 0 Å². The maximum atomic E-state index is 12.6. The van der Waals surface area contributed by atoms with Crippen molar-refractivity contribution in [3.63, 3.8) is 0 Å². The summed E-state index contributed by atoms with van der Waals surface area (Å²) in [5, 5.41) is 0.757. The Morgan fingerprint density at radius 2 is 1.88 bits per heavy atom. The molecule has 86 valence electrons. The first-order valence-corrected chi connectivity index (χ1v) is 4.73. The summed E-state index contributed by atoms with van der Waals surface area (Å²) in [4.78, 5) is 0. The Morgan fingerprint density at radius 1 is 1.25 bits per heavy atom. The summed E-state index contributed by atoms with van der Waals surface area (Å²) in [7, 11) is 1.71. The van der Waals surface area contributed by atoms with Crippen LogP contribution in [0.5, 0.6) is 0 Å². The first-order valence-electron chi connectivity index (χ1n) is 4.73. The minimum absolute atomic E-state index is 0.227. The van der Waals surface area contributed by atoms with E-state index in [-0.39, 0.29) is 5.69 Å². The van der Waals surface area contributed by atoms with Crippen LogP contribution in [0, 0.1) is 6.92 Å². The van der Waals surface area contributed by atoms with Crippen LogP contribution in [-0.4, -0.2) is 4.57 Å². The van der Waals surface area contributed by atoms with Crippen LogP contribution in [0.15, 0.2) is 18.3 Å². The van der Waals surface area contributed by atoms with E-state index in [0.29, 0.717) is 5.52 Å². The Bertz CT molecular complexity index is 552. The van der Waals surface area contributed by atoms with Gasteiger partial charge in [0.25, 0.3) is 0 Å². The fourth-order valence-electron chi connectivity index (χ4n) is 1.89. The molecule has 0 fully saturated rings. The molecule has 0 unspecified atom stereocenters. The molecule has 0 atom stereocenters. The van der Waals surface area contributed by atoms with Crippen LogP contribution in [-0.2, 0) is 13.2 Å². The van der Waals surface area contributed by atoms with Gasteiger partial charge in [0.1, 0.15) is 0 Å². The average Bonchev–Trinajstić information content (AvgIpc) is 2.39. The second-order valence-electron chi connectivity index (χ2n) is 3.88. The second kappa shape index (κ2) is 3.17. The van der Waals surface area contributed by atoms with E-state index < -0.39 is 11.7 Å². The molecule has 0 aliphatic heterocycles. The number of hydrogen-bond acceptors (Lipinski definition) is 1. The predicted molar refractivity (Wildman–Crippen MR) is 57.1 cm³/mol. The van der Waals surface area contributed by atoms with E-state index in [1.807, 2.05) is 6.92 Å². The fraction of sp³-hybridized carbons (Fsp3) is 0.273. The first kappa shape index (κ1) is 10.9. The molecule has 0 radical (unpaired) electrons. The zero-order chi connectivity index (χ0) is 12.1. The summed E-state index contributed by atoms with van der Waals surface area (Å²) in [5.41, 5.74) is 5.87. The Hall–Kier alpha value is -1.65. The van der Waals surface area contributed by atoms with Crippen molar-refractivity contribution in [1.29, 1.82) is 0 Å². The fourth-order valence-corrected chi connectivity index (χ4v) is 1.89. The number of aryl methyl sites for hydroxylation is 2. The average molecular weight is 228 g/mol. The highest BCUT2D eigenvalue weighted by Crippen LogP contribution is 2.36. The number of rotatable bonds is 0. The molecule has 2 rings (SSSR count). The van der Waals surface area contributed by atoms with Crippen LogP contribution in [0.1, 0.15) is 11.1 Å². The molecule has 2 N–H and O–H groups in total. The van der Waals surface area contributed by atoms with Gasteiger partial charge in [-0.05, 0) is 24.6 Å². The molecular weight excluding hydrogens is 217 g/mol. The van der Waals surface area contributed by atoms with Gasteiger partial charge in [-0.3, -0.25) is 0 Å². The lowest BCUT2D eigenvalue weighted by molar-refractivity contribution is -0.136. The van der Waals surface area contributed by atoms with E-state index in [1.54, 1.807) is 17.8 Å². The number of benzene rings is 1. The second-order valence-corrected chi connectivity index (χ2v) is 3.88. The number of anilines is 1. The molecule has 0 bridgehead atoms. The Balaban J connectivity index is 2.81. The van der Waals surface area contributed by atoms with E-state index in [0.717, 1.165) is 17.0 Å². The lowest BCUT2D eigenvalue weighted by Crippen LogP contribution is -2.09. The van der Waals surface area contributed by atoms with Crippen molar-refractivity contribution in [2.45, 2.75) is 13.1 Å². The highest BCUT2D eigenvalue weighted by Gasteiger charge is 2.33. The van der Waals surface area contributed by atoms with Crippen LogP contribution in [0.2, 0.25) is 0 Å². The molecule has 0 saturated heterocycles. The van der Waals surface area contributed by atoms with Gasteiger partial charge in [0, 0.05) is 29.8 Å². The van der Waals surface area contributed by atoms with Crippen molar-refractivity contribution in [2.24, 2.45) is 7.05 Å². The molecule has 2 aromatic rings. The molecule has 0 amide bonds. The number of fused-ring (bicyclic) bond motifs is 1. The van der Waals surface area contributed by atoms with E-state index in [1.165, 1.54) is 6.07 Å². The van der Waals surface area contributed by atoms with Gasteiger partial charge in [0.05, 0.1) is 5.56 Å². The summed E-state index contributed by atoms with van der Waals surface area (Å²) < 4.78 is 39.5. The standard InChI is InChI=1S/C11H11F3N2/c1-6-5-16(2)10-4-8(11(12,13)14)9(15)3-7(6)10/h3-5H,15H2,1-2H3. The predicted octanol–water partition coefficient (Wildman–Crippen LogP) is 3.09. The molecular formula is C11H11F3N2. The third-order valence-electron chi connectivity index (χ3n) is 2.67. The molecule has 16 heavy (non-hydrogen) atoms. The molecule has 1 aromatic heterocycles. The number of aromatic nitrogens is 1. The Kier molecular flexibility index (Phi) is 2.15. The number of nitrogen functional groups attached to an aromatic ring is 1. The van der Waals surface area contributed by atoms with Crippen molar-refractivity contribution in [1.82, 2.24) is 4.57 Å². The van der Waals surface area contributed by atoms with Crippen LogP contribution in [0.4, 0.5) is 18.9 Å². The quantitative estimate of drug-likeness (QED) is 0.690. The SMILES string of the molecule is Cc1cn(C)c2cc(C(F)(F)F)c(N)cc12. The van der Waals surface area contributed by atoms with Crippen LogP contribution in [0.3, 0.4) is 0 Å². The largest absolute Gasteiger partial charge is 0.418 e. The van der Waals surface area contributed by atoms with Gasteiger partial charge in [-0.1, -0.05) is 0 Å². The third-order valence-corrected chi connectivity index (χ3v) is 2.67. The summed E-state index contributed by atoms with van der Waals surface area (Å²) in [6, 6.07) is 2.48. The summed E-state index contributed by atoms with van der Waals surface area (Å²) in [6.45, 7) is 1.84. The minimum Gasteiger partial charge on any atom is -0.398 e. The smallest absolute Gasteiger partial charge is 0.398 e. The molecule has 1 heterocycles. The van der Waals surface area contributed by atoms with Gasteiger partial charge in [-0.15, -0.1) is 0 Å². The van der Waals surface area contributed by atoms with E-state index in [4.69, 9.17) is 5.73 Å². The molecule has 0 saturated carbocycles. The molecule has 0 aliphatic rings. The topological polar surface area (TPSA) is 30.9 Å². The Labute approximate surface area is 90.5 Å². The minimum atomic E-state index is -4.41. The zero-order valence-electron chi connectivity index (χ0n) is 8.89. The number of halogens is 3. The van der Waals surface area contributed by atoms with Gasteiger partial charge >= 0.3 is 6.18 Å². The monoisotopic (exact) mass is 228 g/mol. The highest BCUT2D eigenvalue weighted by molar-refractivity contribution is 5.88. The lowest BCUT2D eigenvalue weighted by atomic mass is 10.1. The zero-order valence-corrected chi connectivity index (χ0v) is 8.89. The van der Waals surface area contributed by atoms with Crippen LogP contribution in [0.25, 0.3) is 10.9 Å². The molecule has 2 nitrogen and oxygen atoms in total. The lowest BCUT2D eigenvalue weighted by Gasteiger charge is -2.10. The van der Waals surface area contributed by atoms with Crippen molar-refractivity contribution >= 4 is 16.6 Å². The number of hydrogen-bond donors (Lipinski definition) is 1. The van der Waals surface area contributed by atoms with Gasteiger partial charge in [-0.2, -0.15) is 13.2 Å². The van der Waals surface area contributed by atoms with Gasteiger partial charge in [0.2, 0.25) is 0 Å². The normalized spacial score (nSPS) is 12.3. The van der Waals surface area contributed by atoms with Gasteiger partial charge in [-0.25, -0.2) is 0 Å². The Morgan fingerprint density at radius 3 is 2.44 bits per heavy atom. The first-order chi connectivity index (χ1) is 7.30. The summed E-state index contributed by atoms with van der Waals surface area (Å²) >= 11 is 0. The highest BCUT2D eigenvalue weighted by atomic mass is 19.4. The number of alkyl halides is 3. The van der Waals surface area contributed by atoms with Gasteiger partial charge < -0.3 is 10.3 Å². The summed E-state index contributed by atoms with van der Waals surface area (Å²) in [5.74, 6) is 0. The maximum Gasteiger partial charge on any atom is 0.418 e. The van der Waals surface area contributed by atoms with Crippen molar-refractivity contribution in [3.05, 3.63) is 29.5 Å². The molecule has 1 aromatic carbocycles. The molecule has 5 heteroatoms. The summed E-state index contributed by atoms with van der Waals surface area (Å²) in [6.07, 6.45) is -2.62. The van der Waals surface area contributed by atoms with Crippen molar-refractivity contribution < 1.29 is 13.2 Å². The van der Waals surface area contributed by atoms with E-state index in [2.05, 4.69) is 0 Å². The van der Waals surface area contributed by atoms with Crippen molar-refractivity contribution in [2.75, 3.05) is 5.73 Å². The molecule has 0 aliphatic carbocycles. The number of nitrogens with two attached hydrogens (primary N) is 1. The van der Waals surface area contributed by atoms with Gasteiger partial charge in [0.15, 0.2) is 0 Å². The van der Waals surface area contributed by atoms with E-state index in [9.17, 15) is 13.2 Å². The third kappa shape index (κ3) is 1.52.